The van der Waals surface area contributed by atoms with E-state index in [2.05, 4.69) is 4.90 Å². The van der Waals surface area contributed by atoms with E-state index in [-0.39, 0.29) is 11.5 Å². The van der Waals surface area contributed by atoms with Gasteiger partial charge >= 0.3 is 5.97 Å². The van der Waals surface area contributed by atoms with Crippen molar-refractivity contribution in [1.82, 2.24) is 4.90 Å². The molecule has 6 heteroatoms. The standard InChI is InChI=1S/C13H17N3O3/c1-9(17)15-4-6-16(7-5-15)12-3-2-10(13(18)19)8-11(12)14/h2-3,8H,4-7,14H2,1H3,(H,18,19). The average molecular weight is 263 g/mol. The van der Waals surface area contributed by atoms with Gasteiger partial charge in [-0.05, 0) is 18.2 Å². The van der Waals surface area contributed by atoms with Gasteiger partial charge in [-0.25, -0.2) is 4.79 Å². The van der Waals surface area contributed by atoms with Gasteiger partial charge in [0.25, 0.3) is 0 Å². The van der Waals surface area contributed by atoms with Crippen LogP contribution in [0.1, 0.15) is 17.3 Å². The Morgan fingerprint density at radius 3 is 2.32 bits per heavy atom. The molecule has 19 heavy (non-hydrogen) atoms. The summed E-state index contributed by atoms with van der Waals surface area (Å²) in [4.78, 5) is 26.0. The lowest BCUT2D eigenvalue weighted by Crippen LogP contribution is -2.48. The smallest absolute Gasteiger partial charge is 0.335 e. The highest BCUT2D eigenvalue weighted by molar-refractivity contribution is 5.90. The third kappa shape index (κ3) is 2.78. The van der Waals surface area contributed by atoms with Gasteiger partial charge in [-0.3, -0.25) is 4.79 Å². The fraction of sp³-hybridized carbons (Fsp3) is 0.385. The molecule has 0 saturated carbocycles. The molecule has 1 aromatic carbocycles. The van der Waals surface area contributed by atoms with Gasteiger partial charge in [0.2, 0.25) is 5.91 Å². The molecule has 102 valence electrons. The van der Waals surface area contributed by atoms with E-state index in [0.29, 0.717) is 31.9 Å². The van der Waals surface area contributed by atoms with Crippen LogP contribution >= 0.6 is 0 Å². The Bertz CT molecular complexity index is 508. The molecule has 0 radical (unpaired) electrons. The van der Waals surface area contributed by atoms with Crippen LogP contribution in [0.3, 0.4) is 0 Å². The van der Waals surface area contributed by atoms with Crippen LogP contribution in [0.2, 0.25) is 0 Å². The molecule has 0 bridgehead atoms. The quantitative estimate of drug-likeness (QED) is 0.764. The minimum atomic E-state index is -0.986. The lowest BCUT2D eigenvalue weighted by atomic mass is 10.1. The number of carboxylic acid groups (broad SMARTS) is 1. The maximum absolute atomic E-state index is 11.2. The summed E-state index contributed by atoms with van der Waals surface area (Å²) >= 11 is 0. The highest BCUT2D eigenvalue weighted by Gasteiger charge is 2.20. The number of hydrogen-bond donors (Lipinski definition) is 2. The maximum Gasteiger partial charge on any atom is 0.335 e. The maximum atomic E-state index is 11.2. The van der Waals surface area contributed by atoms with Crippen molar-refractivity contribution in [1.29, 1.82) is 0 Å². The Morgan fingerprint density at radius 1 is 1.21 bits per heavy atom. The first-order chi connectivity index (χ1) is 8.99. The van der Waals surface area contributed by atoms with Gasteiger partial charge in [0.05, 0.1) is 16.9 Å². The number of anilines is 2. The molecule has 2 rings (SSSR count). The van der Waals surface area contributed by atoms with Gasteiger partial charge in [-0.15, -0.1) is 0 Å². The fourth-order valence-corrected chi connectivity index (χ4v) is 2.24. The van der Waals surface area contributed by atoms with Crippen LogP contribution in [0, 0.1) is 0 Å². The van der Waals surface area contributed by atoms with Crippen molar-refractivity contribution in [2.45, 2.75) is 6.92 Å². The number of piperazine rings is 1. The zero-order chi connectivity index (χ0) is 14.0. The second-order valence-electron chi connectivity index (χ2n) is 4.57. The SMILES string of the molecule is CC(=O)N1CCN(c2ccc(C(=O)O)cc2N)CC1. The summed E-state index contributed by atoms with van der Waals surface area (Å²) in [7, 11) is 0. The molecule has 1 aliphatic rings. The van der Waals surface area contributed by atoms with E-state index in [1.807, 2.05) is 0 Å². The van der Waals surface area contributed by atoms with Crippen molar-refractivity contribution in [3.05, 3.63) is 23.8 Å². The molecule has 6 nitrogen and oxygen atoms in total. The molecule has 1 fully saturated rings. The Kier molecular flexibility index (Phi) is 3.59. The molecule has 3 N–H and O–H groups in total. The van der Waals surface area contributed by atoms with Crippen molar-refractivity contribution in [2.75, 3.05) is 36.8 Å². The summed E-state index contributed by atoms with van der Waals surface area (Å²) in [5.74, 6) is -0.909. The number of aromatic carboxylic acids is 1. The molecule has 1 aliphatic heterocycles. The lowest BCUT2D eigenvalue weighted by Gasteiger charge is -2.36. The van der Waals surface area contributed by atoms with Gasteiger partial charge in [-0.1, -0.05) is 0 Å². The van der Waals surface area contributed by atoms with Crippen LogP contribution in [-0.2, 0) is 4.79 Å². The minimum absolute atomic E-state index is 0.0776. The molecule has 0 atom stereocenters. The van der Waals surface area contributed by atoms with Crippen LogP contribution in [0.5, 0.6) is 0 Å². The number of amides is 1. The molecule has 0 unspecified atom stereocenters. The molecular formula is C13H17N3O3. The Hall–Kier alpha value is -2.24. The van der Waals surface area contributed by atoms with Gasteiger partial charge in [-0.2, -0.15) is 0 Å². The van der Waals surface area contributed by atoms with E-state index in [4.69, 9.17) is 10.8 Å². The third-order valence-electron chi connectivity index (χ3n) is 3.34. The van der Waals surface area contributed by atoms with E-state index in [1.165, 1.54) is 6.07 Å². The molecule has 1 heterocycles. The summed E-state index contributed by atoms with van der Waals surface area (Å²) in [5, 5.41) is 8.89. The molecule has 0 aliphatic carbocycles. The second-order valence-corrected chi connectivity index (χ2v) is 4.57. The topological polar surface area (TPSA) is 86.9 Å². The number of carbonyl (C=O) groups is 2. The number of nitrogen functional groups attached to an aromatic ring is 1. The largest absolute Gasteiger partial charge is 0.478 e. The van der Waals surface area contributed by atoms with Crippen molar-refractivity contribution < 1.29 is 14.7 Å². The van der Waals surface area contributed by atoms with Crippen LogP contribution in [0.15, 0.2) is 18.2 Å². The molecule has 1 aromatic rings. The van der Waals surface area contributed by atoms with Gasteiger partial charge in [0.15, 0.2) is 0 Å². The van der Waals surface area contributed by atoms with E-state index in [1.54, 1.807) is 24.0 Å². The summed E-state index contributed by atoms with van der Waals surface area (Å²) in [5.41, 5.74) is 7.36. The number of benzene rings is 1. The highest BCUT2D eigenvalue weighted by Crippen LogP contribution is 2.25. The predicted octanol–water partition coefficient (Wildman–Crippen LogP) is 0.635. The first-order valence-corrected chi connectivity index (χ1v) is 6.12. The van der Waals surface area contributed by atoms with Gasteiger partial charge in [0.1, 0.15) is 0 Å². The Labute approximate surface area is 111 Å². The predicted molar refractivity (Wildman–Crippen MR) is 72.3 cm³/mol. The van der Waals surface area contributed by atoms with E-state index >= 15 is 0 Å². The zero-order valence-corrected chi connectivity index (χ0v) is 10.8. The minimum Gasteiger partial charge on any atom is -0.478 e. The van der Waals surface area contributed by atoms with E-state index in [9.17, 15) is 9.59 Å². The summed E-state index contributed by atoms with van der Waals surface area (Å²) in [6, 6.07) is 4.74. The van der Waals surface area contributed by atoms with Gasteiger partial charge in [0, 0.05) is 33.1 Å². The average Bonchev–Trinajstić information content (AvgIpc) is 2.38. The highest BCUT2D eigenvalue weighted by atomic mass is 16.4. The van der Waals surface area contributed by atoms with Crippen molar-refractivity contribution in [2.24, 2.45) is 0 Å². The van der Waals surface area contributed by atoms with Crippen LogP contribution < -0.4 is 10.6 Å². The Morgan fingerprint density at radius 2 is 1.84 bits per heavy atom. The van der Waals surface area contributed by atoms with Gasteiger partial charge < -0.3 is 20.6 Å². The number of carbonyl (C=O) groups excluding carboxylic acids is 1. The summed E-state index contributed by atoms with van der Waals surface area (Å²) < 4.78 is 0. The molecule has 1 saturated heterocycles. The number of nitrogens with two attached hydrogens (primary N) is 1. The number of carboxylic acids is 1. The zero-order valence-electron chi connectivity index (χ0n) is 10.8. The summed E-state index contributed by atoms with van der Waals surface area (Å²) in [6.45, 7) is 4.29. The van der Waals surface area contributed by atoms with Crippen molar-refractivity contribution in [3.63, 3.8) is 0 Å². The van der Waals surface area contributed by atoms with Crippen LogP contribution in [0.25, 0.3) is 0 Å². The second kappa shape index (κ2) is 5.17. The van der Waals surface area contributed by atoms with Crippen LogP contribution in [0.4, 0.5) is 11.4 Å². The number of hydrogen-bond acceptors (Lipinski definition) is 4. The summed E-state index contributed by atoms with van der Waals surface area (Å²) in [6.07, 6.45) is 0. The number of nitrogens with zero attached hydrogens (tertiary/aromatic N) is 2. The molecule has 0 aromatic heterocycles. The van der Waals surface area contributed by atoms with Crippen molar-refractivity contribution in [3.8, 4) is 0 Å². The first kappa shape index (κ1) is 13.2. The molecule has 0 spiro atoms. The first-order valence-electron chi connectivity index (χ1n) is 6.12. The monoisotopic (exact) mass is 263 g/mol. The van der Waals surface area contributed by atoms with E-state index in [0.717, 1.165) is 5.69 Å². The van der Waals surface area contributed by atoms with Crippen molar-refractivity contribution >= 4 is 23.3 Å². The van der Waals surface area contributed by atoms with E-state index < -0.39 is 5.97 Å². The number of rotatable bonds is 2. The third-order valence-corrected chi connectivity index (χ3v) is 3.34. The fourth-order valence-electron chi connectivity index (χ4n) is 2.24. The molecule has 1 amide bonds. The van der Waals surface area contributed by atoms with Crippen LogP contribution in [-0.4, -0.2) is 48.1 Å². The lowest BCUT2D eigenvalue weighted by molar-refractivity contribution is -0.129. The normalized spacial score (nSPS) is 15.4. The Balaban J connectivity index is 2.11. The molecular weight excluding hydrogens is 246 g/mol.